The largest absolute Gasteiger partial charge is 0.480 e. The predicted octanol–water partition coefficient (Wildman–Crippen LogP) is 2.47. The number of sulfonamides is 1. The van der Waals surface area contributed by atoms with Gasteiger partial charge in [0.15, 0.2) is 0 Å². The topological polar surface area (TPSA) is 170 Å². The number of aliphatic carboxylic acids is 1. The lowest BCUT2D eigenvalue weighted by molar-refractivity contribution is -0.139. The van der Waals surface area contributed by atoms with E-state index in [4.69, 9.17) is 0 Å². The van der Waals surface area contributed by atoms with Crippen LogP contribution in [-0.2, 0) is 27.8 Å². The summed E-state index contributed by atoms with van der Waals surface area (Å²) in [5.74, 6) is -1.37. The number of rotatable bonds is 11. The first-order chi connectivity index (χ1) is 18.7. The summed E-state index contributed by atoms with van der Waals surface area (Å²) in [6.45, 7) is 0.677. The molecule has 0 bridgehead atoms. The van der Waals surface area contributed by atoms with Gasteiger partial charge in [-0.3, -0.25) is 9.59 Å². The zero-order valence-corrected chi connectivity index (χ0v) is 22.1. The number of amides is 2. The van der Waals surface area contributed by atoms with Gasteiger partial charge in [0.25, 0.3) is 15.6 Å². The van der Waals surface area contributed by atoms with Gasteiger partial charge < -0.3 is 20.7 Å². The zero-order chi connectivity index (χ0) is 27.8. The normalized spacial score (nSPS) is 12.4. The first kappa shape index (κ1) is 27.7. The van der Waals surface area contributed by atoms with E-state index in [0.29, 0.717) is 17.6 Å². The summed E-state index contributed by atoms with van der Waals surface area (Å²) in [4.78, 5) is 43.3. The maximum Gasteiger partial charge on any atom is 0.322 e. The van der Waals surface area contributed by atoms with E-state index < -0.39 is 27.6 Å². The zero-order valence-electron chi connectivity index (χ0n) is 20.5. The van der Waals surface area contributed by atoms with Crippen LogP contribution in [0.2, 0.25) is 0 Å². The molecule has 0 radical (unpaired) electrons. The van der Waals surface area contributed by atoms with Crippen molar-refractivity contribution in [3.05, 3.63) is 99.4 Å². The molecule has 2 aromatic heterocycles. The number of aromatic amines is 1. The van der Waals surface area contributed by atoms with Crippen LogP contribution in [0, 0.1) is 0 Å². The first-order valence-electron chi connectivity index (χ1n) is 11.7. The molecule has 5 N–H and O–H groups in total. The van der Waals surface area contributed by atoms with Crippen molar-refractivity contribution >= 4 is 50.3 Å². The van der Waals surface area contributed by atoms with Crippen LogP contribution in [0.25, 0.3) is 17.0 Å². The average Bonchev–Trinajstić information content (AvgIpc) is 3.47. The van der Waals surface area contributed by atoms with Crippen LogP contribution >= 0.6 is 11.3 Å². The van der Waals surface area contributed by atoms with E-state index in [1.165, 1.54) is 6.07 Å². The Balaban J connectivity index is 1.38. The second-order valence-electron chi connectivity index (χ2n) is 8.39. The Morgan fingerprint density at radius 2 is 1.87 bits per heavy atom. The van der Waals surface area contributed by atoms with E-state index in [9.17, 15) is 27.9 Å². The fourth-order valence-electron chi connectivity index (χ4n) is 3.63. The Morgan fingerprint density at radius 1 is 1.08 bits per heavy atom. The Labute approximate surface area is 227 Å². The van der Waals surface area contributed by atoms with E-state index >= 15 is 0 Å². The highest BCUT2D eigenvalue weighted by molar-refractivity contribution is 7.91. The van der Waals surface area contributed by atoms with Gasteiger partial charge in [0, 0.05) is 19.5 Å². The molecule has 0 spiro atoms. The molecule has 0 aliphatic heterocycles. The molecule has 0 saturated carbocycles. The van der Waals surface area contributed by atoms with Gasteiger partial charge in [0.05, 0.1) is 10.9 Å². The molecule has 1 atom stereocenters. The van der Waals surface area contributed by atoms with E-state index in [-0.39, 0.29) is 34.4 Å². The number of carbonyl (C=O) groups is 2. The van der Waals surface area contributed by atoms with Crippen LogP contribution in [0.15, 0.2) is 81.1 Å². The standard InChI is InChI=1S/C26H25N5O6S2/c32-24-19-14-17(8-4-12-27-26(35)28-16-18-6-2-1-3-7-18)10-11-20(19)29-22(30-24)15-21(25(33)34)31-39(36,37)23-9-5-13-38-23/h1-11,13-14,21,31H,12,15-16H2,(H,33,34)(H2,27,28,35)(H,29,30,32)/t21-/m0/s1. The van der Waals surface area contributed by atoms with Gasteiger partial charge in [-0.05, 0) is 34.7 Å². The van der Waals surface area contributed by atoms with Gasteiger partial charge in [-0.15, -0.1) is 11.3 Å². The molecular weight excluding hydrogens is 542 g/mol. The molecule has 11 nitrogen and oxygen atoms in total. The minimum Gasteiger partial charge on any atom is -0.480 e. The minimum atomic E-state index is -4.04. The minimum absolute atomic E-state index is 0.0164. The van der Waals surface area contributed by atoms with E-state index in [1.54, 1.807) is 41.8 Å². The highest BCUT2D eigenvalue weighted by Gasteiger charge is 2.27. The fraction of sp³-hybridized carbons (Fsp3) is 0.154. The van der Waals surface area contributed by atoms with Gasteiger partial charge in [0.2, 0.25) is 0 Å². The molecule has 13 heteroatoms. The molecule has 0 saturated heterocycles. The first-order valence-corrected chi connectivity index (χ1v) is 14.1. The third-order valence-electron chi connectivity index (χ3n) is 5.52. The van der Waals surface area contributed by atoms with Crippen molar-refractivity contribution in [1.29, 1.82) is 0 Å². The highest BCUT2D eigenvalue weighted by Crippen LogP contribution is 2.17. The monoisotopic (exact) mass is 567 g/mol. The Kier molecular flexibility index (Phi) is 8.86. The Hall–Kier alpha value is -4.33. The smallest absolute Gasteiger partial charge is 0.322 e. The van der Waals surface area contributed by atoms with Crippen LogP contribution < -0.4 is 20.9 Å². The number of carboxylic acids is 1. The number of carbonyl (C=O) groups excluding carboxylic acids is 1. The van der Waals surface area contributed by atoms with Crippen LogP contribution in [0.5, 0.6) is 0 Å². The number of carboxylic acid groups (broad SMARTS) is 1. The number of hydrogen-bond acceptors (Lipinski definition) is 7. The van der Waals surface area contributed by atoms with Gasteiger partial charge in [-0.25, -0.2) is 18.2 Å². The summed E-state index contributed by atoms with van der Waals surface area (Å²) in [7, 11) is -4.04. The van der Waals surface area contributed by atoms with E-state index in [1.807, 2.05) is 30.3 Å². The molecule has 2 amide bonds. The van der Waals surface area contributed by atoms with E-state index in [0.717, 1.165) is 16.9 Å². The molecule has 0 aliphatic carbocycles. The van der Waals surface area contributed by atoms with Gasteiger partial charge in [0.1, 0.15) is 16.1 Å². The molecule has 2 aromatic carbocycles. The van der Waals surface area contributed by atoms with Crippen LogP contribution in [0.1, 0.15) is 17.0 Å². The maximum atomic E-state index is 12.7. The number of urea groups is 1. The Bertz CT molecular complexity index is 1650. The molecule has 4 rings (SSSR count). The molecule has 4 aromatic rings. The molecular formula is C26H25N5O6S2. The summed E-state index contributed by atoms with van der Waals surface area (Å²) in [5, 5.41) is 16.9. The summed E-state index contributed by atoms with van der Waals surface area (Å²) in [6.07, 6.45) is 3.12. The lowest BCUT2D eigenvalue weighted by Crippen LogP contribution is -2.42. The molecule has 2 heterocycles. The van der Waals surface area contributed by atoms with Crippen molar-refractivity contribution in [3.63, 3.8) is 0 Å². The third-order valence-corrected chi connectivity index (χ3v) is 8.39. The van der Waals surface area contributed by atoms with Gasteiger partial charge in [-0.2, -0.15) is 4.72 Å². The molecule has 0 unspecified atom stereocenters. The van der Waals surface area contributed by atoms with Crippen molar-refractivity contribution in [2.75, 3.05) is 6.54 Å². The number of fused-ring (bicyclic) bond motifs is 1. The highest BCUT2D eigenvalue weighted by atomic mass is 32.2. The van der Waals surface area contributed by atoms with Crippen molar-refractivity contribution in [2.24, 2.45) is 0 Å². The van der Waals surface area contributed by atoms with Crippen LogP contribution in [0.4, 0.5) is 4.79 Å². The molecule has 39 heavy (non-hydrogen) atoms. The molecule has 202 valence electrons. The quantitative estimate of drug-likeness (QED) is 0.185. The lowest BCUT2D eigenvalue weighted by Gasteiger charge is -2.14. The van der Waals surface area contributed by atoms with Crippen molar-refractivity contribution in [2.45, 2.75) is 23.2 Å². The van der Waals surface area contributed by atoms with Crippen molar-refractivity contribution < 1.29 is 23.1 Å². The van der Waals surface area contributed by atoms with Crippen LogP contribution in [0.3, 0.4) is 0 Å². The summed E-state index contributed by atoms with van der Waals surface area (Å²) in [6, 6.07) is 15.5. The van der Waals surface area contributed by atoms with Gasteiger partial charge in [-0.1, -0.05) is 54.6 Å². The maximum absolute atomic E-state index is 12.7. The number of nitrogens with zero attached hydrogens (tertiary/aromatic N) is 1. The second-order valence-corrected chi connectivity index (χ2v) is 11.3. The SMILES string of the molecule is O=C(NCC=Cc1ccc2nc(C[C@H](NS(=O)(=O)c3cccs3)C(=O)O)[nH]c(=O)c2c1)NCc1ccccc1. The Morgan fingerprint density at radius 3 is 2.59 bits per heavy atom. The van der Waals surface area contributed by atoms with Crippen molar-refractivity contribution in [1.82, 2.24) is 25.3 Å². The summed E-state index contributed by atoms with van der Waals surface area (Å²) >= 11 is 0.959. The molecule has 0 fully saturated rings. The molecule has 0 aliphatic rings. The summed E-state index contributed by atoms with van der Waals surface area (Å²) in [5.41, 5.74) is 1.52. The van der Waals surface area contributed by atoms with E-state index in [2.05, 4.69) is 25.3 Å². The number of benzene rings is 2. The second kappa shape index (κ2) is 12.5. The van der Waals surface area contributed by atoms with Crippen molar-refractivity contribution in [3.8, 4) is 0 Å². The summed E-state index contributed by atoms with van der Waals surface area (Å²) < 4.78 is 27.1. The number of thiophene rings is 1. The lowest BCUT2D eigenvalue weighted by atomic mass is 10.1. The number of nitrogens with one attached hydrogen (secondary N) is 4. The number of H-pyrrole nitrogens is 1. The fourth-order valence-corrected chi connectivity index (χ4v) is 5.83. The number of hydrogen-bond donors (Lipinski definition) is 5. The third kappa shape index (κ3) is 7.60. The number of aromatic nitrogens is 2. The van der Waals surface area contributed by atoms with Crippen LogP contribution in [-0.4, -0.2) is 48.1 Å². The predicted molar refractivity (Wildman–Crippen MR) is 148 cm³/mol. The van der Waals surface area contributed by atoms with Gasteiger partial charge >= 0.3 is 12.0 Å². The average molecular weight is 568 g/mol.